The minimum Gasteiger partial charge on any atom is -0.368 e. The largest absolute Gasteiger partial charge is 0.368 e. The molecule has 1 amide bonds. The van der Waals surface area contributed by atoms with Gasteiger partial charge in [0.05, 0.1) is 0 Å². The topological polar surface area (TPSA) is 49.6 Å². The van der Waals surface area contributed by atoms with Gasteiger partial charge in [0.1, 0.15) is 6.26 Å². The predicted octanol–water partition coefficient (Wildman–Crippen LogP) is 1.95. The van der Waals surface area contributed by atoms with E-state index in [0.29, 0.717) is 18.8 Å². The molecule has 1 aromatic carbocycles. The van der Waals surface area contributed by atoms with Crippen molar-refractivity contribution in [1.82, 2.24) is 10.1 Å². The Kier molecular flexibility index (Phi) is 3.41. The Morgan fingerprint density at radius 3 is 2.65 bits per heavy atom. The van der Waals surface area contributed by atoms with Gasteiger partial charge in [0.25, 0.3) is 5.91 Å². The van der Waals surface area contributed by atoms with E-state index in [1.165, 1.54) is 17.5 Å². The first-order valence-corrected chi connectivity index (χ1v) is 6.75. The van der Waals surface area contributed by atoms with Crippen molar-refractivity contribution < 1.29 is 9.32 Å². The Morgan fingerprint density at radius 1 is 1.20 bits per heavy atom. The molecule has 0 bridgehead atoms. The lowest BCUT2D eigenvalue weighted by atomic mass is 10.2. The number of aryl methyl sites for hydroxylation is 1. The van der Waals surface area contributed by atoms with E-state index in [4.69, 9.17) is 4.52 Å². The molecule has 0 radical (unpaired) electrons. The molecule has 0 atom stereocenters. The van der Waals surface area contributed by atoms with Crippen LogP contribution in [-0.2, 0) is 0 Å². The van der Waals surface area contributed by atoms with Crippen LogP contribution in [-0.4, -0.2) is 42.1 Å². The first kappa shape index (κ1) is 12.7. The van der Waals surface area contributed by atoms with Crippen LogP contribution in [0.25, 0.3) is 0 Å². The summed E-state index contributed by atoms with van der Waals surface area (Å²) in [6.45, 7) is 5.19. The third kappa shape index (κ3) is 2.52. The van der Waals surface area contributed by atoms with Crippen molar-refractivity contribution in [2.24, 2.45) is 0 Å². The maximum Gasteiger partial charge on any atom is 0.276 e. The van der Waals surface area contributed by atoms with Crippen molar-refractivity contribution in [3.05, 3.63) is 47.9 Å². The molecule has 1 aromatic heterocycles. The van der Waals surface area contributed by atoms with E-state index in [-0.39, 0.29) is 5.91 Å². The van der Waals surface area contributed by atoms with E-state index in [0.717, 1.165) is 13.1 Å². The molecular formula is C15H17N3O2. The number of hydrogen-bond acceptors (Lipinski definition) is 4. The first-order chi connectivity index (χ1) is 9.74. The summed E-state index contributed by atoms with van der Waals surface area (Å²) in [4.78, 5) is 16.3. The molecule has 5 heteroatoms. The van der Waals surface area contributed by atoms with Gasteiger partial charge in [0.15, 0.2) is 5.69 Å². The minimum atomic E-state index is -0.0531. The zero-order valence-corrected chi connectivity index (χ0v) is 11.5. The molecule has 1 fully saturated rings. The Balaban J connectivity index is 1.64. The van der Waals surface area contributed by atoms with Gasteiger partial charge < -0.3 is 14.3 Å². The summed E-state index contributed by atoms with van der Waals surface area (Å²) < 4.78 is 4.72. The minimum absolute atomic E-state index is 0.0531. The van der Waals surface area contributed by atoms with Crippen LogP contribution < -0.4 is 4.90 Å². The van der Waals surface area contributed by atoms with Gasteiger partial charge in [-0.05, 0) is 24.6 Å². The van der Waals surface area contributed by atoms with Crippen molar-refractivity contribution in [3.8, 4) is 0 Å². The highest BCUT2D eigenvalue weighted by Gasteiger charge is 2.23. The Bertz CT molecular complexity index is 587. The number of aromatic nitrogens is 1. The van der Waals surface area contributed by atoms with E-state index in [9.17, 15) is 4.79 Å². The highest BCUT2D eigenvalue weighted by atomic mass is 16.5. The normalized spacial score (nSPS) is 15.4. The zero-order chi connectivity index (χ0) is 13.9. The van der Waals surface area contributed by atoms with E-state index in [2.05, 4.69) is 41.2 Å². The molecule has 2 aromatic rings. The number of amides is 1. The van der Waals surface area contributed by atoms with Crippen molar-refractivity contribution in [3.63, 3.8) is 0 Å². The fraction of sp³-hybridized carbons (Fsp3) is 0.333. The number of piperazine rings is 1. The van der Waals surface area contributed by atoms with Gasteiger partial charge in [-0.15, -0.1) is 0 Å². The Labute approximate surface area is 117 Å². The molecule has 0 N–H and O–H groups in total. The van der Waals surface area contributed by atoms with Gasteiger partial charge in [-0.2, -0.15) is 0 Å². The molecule has 0 spiro atoms. The second-order valence-electron chi connectivity index (χ2n) is 5.00. The van der Waals surface area contributed by atoms with Gasteiger partial charge in [-0.1, -0.05) is 17.3 Å². The standard InChI is InChI=1S/C15H17N3O2/c1-12-3-2-4-13(11-12)17-6-8-18(9-7-17)15(19)14-5-10-20-16-14/h2-5,10-11H,6-9H2,1H3. The van der Waals surface area contributed by atoms with Crippen LogP contribution in [0.1, 0.15) is 16.1 Å². The summed E-state index contributed by atoms with van der Waals surface area (Å²) in [7, 11) is 0. The van der Waals surface area contributed by atoms with Crippen LogP contribution >= 0.6 is 0 Å². The second-order valence-corrected chi connectivity index (χ2v) is 5.00. The maximum atomic E-state index is 12.1. The molecule has 3 rings (SSSR count). The van der Waals surface area contributed by atoms with Crippen LogP contribution in [0.4, 0.5) is 5.69 Å². The monoisotopic (exact) mass is 271 g/mol. The van der Waals surface area contributed by atoms with E-state index in [1.54, 1.807) is 6.07 Å². The fourth-order valence-corrected chi connectivity index (χ4v) is 2.48. The van der Waals surface area contributed by atoms with Crippen molar-refractivity contribution in [2.75, 3.05) is 31.1 Å². The molecule has 0 aliphatic carbocycles. The molecular weight excluding hydrogens is 254 g/mol. The lowest BCUT2D eigenvalue weighted by Gasteiger charge is -2.35. The summed E-state index contributed by atoms with van der Waals surface area (Å²) in [6, 6.07) is 10.1. The van der Waals surface area contributed by atoms with Crippen LogP contribution in [0.3, 0.4) is 0 Å². The molecule has 1 aliphatic rings. The Morgan fingerprint density at radius 2 is 2.00 bits per heavy atom. The summed E-state index contributed by atoms with van der Waals surface area (Å²) >= 11 is 0. The summed E-state index contributed by atoms with van der Waals surface area (Å²) in [5.41, 5.74) is 2.86. The van der Waals surface area contributed by atoms with E-state index >= 15 is 0 Å². The van der Waals surface area contributed by atoms with Gasteiger partial charge >= 0.3 is 0 Å². The second kappa shape index (κ2) is 5.36. The SMILES string of the molecule is Cc1cccc(N2CCN(C(=O)c3ccon3)CC2)c1. The van der Waals surface area contributed by atoms with Crippen LogP contribution in [0.15, 0.2) is 41.1 Å². The van der Waals surface area contributed by atoms with Crippen LogP contribution in [0, 0.1) is 6.92 Å². The molecule has 0 unspecified atom stereocenters. The molecule has 5 nitrogen and oxygen atoms in total. The summed E-state index contributed by atoms with van der Waals surface area (Å²) in [6.07, 6.45) is 1.43. The summed E-state index contributed by atoms with van der Waals surface area (Å²) in [5.74, 6) is -0.0531. The molecule has 2 heterocycles. The molecule has 104 valence electrons. The maximum absolute atomic E-state index is 12.1. The van der Waals surface area contributed by atoms with Gasteiger partial charge in [-0.25, -0.2) is 0 Å². The van der Waals surface area contributed by atoms with Crippen molar-refractivity contribution in [1.29, 1.82) is 0 Å². The van der Waals surface area contributed by atoms with Gasteiger partial charge in [-0.3, -0.25) is 4.79 Å². The quantitative estimate of drug-likeness (QED) is 0.837. The summed E-state index contributed by atoms with van der Waals surface area (Å²) in [5, 5.41) is 3.70. The highest BCUT2D eigenvalue weighted by Crippen LogP contribution is 2.18. The number of hydrogen-bond donors (Lipinski definition) is 0. The molecule has 1 saturated heterocycles. The number of rotatable bonds is 2. The molecule has 1 aliphatic heterocycles. The number of nitrogens with zero attached hydrogens (tertiary/aromatic N) is 3. The number of anilines is 1. The van der Waals surface area contributed by atoms with Crippen LogP contribution in [0.2, 0.25) is 0 Å². The fourth-order valence-electron chi connectivity index (χ4n) is 2.48. The Hall–Kier alpha value is -2.30. The number of carbonyl (C=O) groups excluding carboxylic acids is 1. The third-order valence-corrected chi connectivity index (χ3v) is 3.59. The van der Waals surface area contributed by atoms with Crippen molar-refractivity contribution in [2.45, 2.75) is 6.92 Å². The smallest absolute Gasteiger partial charge is 0.276 e. The average Bonchev–Trinajstić information content (AvgIpc) is 3.01. The highest BCUT2D eigenvalue weighted by molar-refractivity contribution is 5.92. The average molecular weight is 271 g/mol. The number of carbonyl (C=O) groups is 1. The van der Waals surface area contributed by atoms with Gasteiger partial charge in [0.2, 0.25) is 0 Å². The zero-order valence-electron chi connectivity index (χ0n) is 11.5. The number of benzene rings is 1. The van der Waals surface area contributed by atoms with E-state index < -0.39 is 0 Å². The van der Waals surface area contributed by atoms with Gasteiger partial charge in [0, 0.05) is 37.9 Å². The first-order valence-electron chi connectivity index (χ1n) is 6.75. The van der Waals surface area contributed by atoms with E-state index in [1.807, 2.05) is 4.90 Å². The lowest BCUT2D eigenvalue weighted by molar-refractivity contribution is 0.0736. The third-order valence-electron chi connectivity index (χ3n) is 3.59. The van der Waals surface area contributed by atoms with Crippen LogP contribution in [0.5, 0.6) is 0 Å². The predicted molar refractivity (Wildman–Crippen MR) is 75.8 cm³/mol. The van der Waals surface area contributed by atoms with Crippen molar-refractivity contribution >= 4 is 11.6 Å². The molecule has 0 saturated carbocycles. The lowest BCUT2D eigenvalue weighted by Crippen LogP contribution is -2.48. The molecule has 20 heavy (non-hydrogen) atoms.